The van der Waals surface area contributed by atoms with E-state index >= 15 is 0 Å². The van der Waals surface area contributed by atoms with Crippen LogP contribution in [0.1, 0.15) is 31.0 Å². The fourth-order valence-electron chi connectivity index (χ4n) is 2.10. The second kappa shape index (κ2) is 3.50. The summed E-state index contributed by atoms with van der Waals surface area (Å²) < 4.78 is 0. The van der Waals surface area contributed by atoms with E-state index in [-0.39, 0.29) is 0 Å². The van der Waals surface area contributed by atoms with Gasteiger partial charge in [-0.1, -0.05) is 12.2 Å². The van der Waals surface area contributed by atoms with Crippen molar-refractivity contribution in [2.45, 2.75) is 25.2 Å². The van der Waals surface area contributed by atoms with Crippen LogP contribution in [-0.2, 0) is 0 Å². The zero-order chi connectivity index (χ0) is 10.1. The van der Waals surface area contributed by atoms with Gasteiger partial charge in [0.05, 0.1) is 5.52 Å². The molecule has 0 amide bonds. The number of allylic oxidation sites excluding steroid dienone is 2. The summed E-state index contributed by atoms with van der Waals surface area (Å²) in [5, 5.41) is 0. The van der Waals surface area contributed by atoms with Gasteiger partial charge in [0, 0.05) is 12.1 Å². The van der Waals surface area contributed by atoms with Gasteiger partial charge in [0.25, 0.3) is 0 Å². The van der Waals surface area contributed by atoms with Crippen molar-refractivity contribution in [3.63, 3.8) is 0 Å². The molecule has 0 saturated carbocycles. The molecule has 15 heavy (non-hydrogen) atoms. The first kappa shape index (κ1) is 8.65. The Bertz CT molecular complexity index is 465. The van der Waals surface area contributed by atoms with Crippen LogP contribution in [0.25, 0.3) is 11.2 Å². The summed E-state index contributed by atoms with van der Waals surface area (Å²) in [5.74, 6) is 1.64. The number of aromatic nitrogens is 3. The summed E-state index contributed by atoms with van der Waals surface area (Å²) in [5.41, 5.74) is 1.88. The van der Waals surface area contributed by atoms with E-state index < -0.39 is 0 Å². The number of rotatable bonds is 1. The quantitative estimate of drug-likeness (QED) is 0.717. The zero-order valence-electron chi connectivity index (χ0n) is 8.48. The van der Waals surface area contributed by atoms with Crippen molar-refractivity contribution in [2.75, 3.05) is 0 Å². The van der Waals surface area contributed by atoms with Gasteiger partial charge in [-0.3, -0.25) is 0 Å². The van der Waals surface area contributed by atoms with Crippen molar-refractivity contribution in [1.82, 2.24) is 15.0 Å². The molecule has 3 rings (SSSR count). The van der Waals surface area contributed by atoms with Crippen LogP contribution in [0.15, 0.2) is 30.5 Å². The lowest BCUT2D eigenvalue weighted by molar-refractivity contribution is 0.590. The van der Waals surface area contributed by atoms with Gasteiger partial charge in [0.1, 0.15) is 5.82 Å². The number of nitrogens with zero attached hydrogens (tertiary/aromatic N) is 2. The van der Waals surface area contributed by atoms with Crippen molar-refractivity contribution in [3.05, 3.63) is 36.3 Å². The van der Waals surface area contributed by atoms with Crippen molar-refractivity contribution in [2.24, 2.45) is 0 Å². The molecule has 1 unspecified atom stereocenters. The van der Waals surface area contributed by atoms with Crippen molar-refractivity contribution in [3.8, 4) is 0 Å². The molecule has 76 valence electrons. The molecule has 0 fully saturated rings. The fourth-order valence-corrected chi connectivity index (χ4v) is 2.10. The lowest BCUT2D eigenvalue weighted by atomic mass is 9.94. The average Bonchev–Trinajstić information content (AvgIpc) is 2.74. The minimum atomic E-state index is 0.546. The first-order valence-corrected chi connectivity index (χ1v) is 5.39. The number of H-pyrrole nitrogens is 1. The van der Waals surface area contributed by atoms with Gasteiger partial charge < -0.3 is 4.98 Å². The van der Waals surface area contributed by atoms with Gasteiger partial charge in [0.15, 0.2) is 5.65 Å². The number of fused-ring (bicyclic) bond motifs is 1. The molecule has 1 N–H and O–H groups in total. The number of pyridine rings is 1. The van der Waals surface area contributed by atoms with E-state index in [2.05, 4.69) is 27.1 Å². The highest BCUT2D eigenvalue weighted by Gasteiger charge is 2.16. The number of hydrogen-bond donors (Lipinski definition) is 1. The van der Waals surface area contributed by atoms with E-state index in [4.69, 9.17) is 0 Å². The molecular formula is C12H13N3. The number of hydrogen-bond acceptors (Lipinski definition) is 2. The second-order valence-corrected chi connectivity index (χ2v) is 3.98. The second-order valence-electron chi connectivity index (χ2n) is 3.98. The standard InChI is InChI=1S/C12H13N3/c1-2-5-9(6-3-1)11-14-10-7-4-8-13-12(10)15-11/h1-2,4,7-9H,3,5-6H2,(H,13,14,15). The summed E-state index contributed by atoms with van der Waals surface area (Å²) in [4.78, 5) is 12.1. The minimum Gasteiger partial charge on any atom is -0.340 e. The molecule has 3 nitrogen and oxygen atoms in total. The predicted octanol–water partition coefficient (Wildman–Crippen LogP) is 2.78. The highest BCUT2D eigenvalue weighted by atomic mass is 15.0. The highest BCUT2D eigenvalue weighted by molar-refractivity contribution is 5.70. The number of aromatic amines is 1. The Labute approximate surface area is 88.3 Å². The molecule has 2 heterocycles. The Morgan fingerprint density at radius 2 is 2.33 bits per heavy atom. The summed E-state index contributed by atoms with van der Waals surface area (Å²) >= 11 is 0. The zero-order valence-corrected chi connectivity index (χ0v) is 8.48. The molecule has 0 bridgehead atoms. The maximum atomic E-state index is 4.54. The monoisotopic (exact) mass is 199 g/mol. The summed E-state index contributed by atoms with van der Waals surface area (Å²) in [6.07, 6.45) is 9.73. The molecule has 0 spiro atoms. The third-order valence-electron chi connectivity index (χ3n) is 2.93. The lowest BCUT2D eigenvalue weighted by Crippen LogP contribution is -2.02. The average molecular weight is 199 g/mol. The predicted molar refractivity (Wildman–Crippen MR) is 59.6 cm³/mol. The third kappa shape index (κ3) is 1.54. The Hall–Kier alpha value is -1.64. The molecule has 1 atom stereocenters. The third-order valence-corrected chi connectivity index (χ3v) is 2.93. The molecular weight excluding hydrogens is 186 g/mol. The Balaban J connectivity index is 2.00. The largest absolute Gasteiger partial charge is 0.340 e. The van der Waals surface area contributed by atoms with Crippen LogP contribution in [0.5, 0.6) is 0 Å². The first-order valence-electron chi connectivity index (χ1n) is 5.39. The van der Waals surface area contributed by atoms with Crippen LogP contribution in [0, 0.1) is 0 Å². The topological polar surface area (TPSA) is 41.6 Å². The van der Waals surface area contributed by atoms with Crippen LogP contribution in [0.2, 0.25) is 0 Å². The molecule has 0 radical (unpaired) electrons. The Kier molecular flexibility index (Phi) is 2.02. The van der Waals surface area contributed by atoms with Gasteiger partial charge in [-0.2, -0.15) is 0 Å². The van der Waals surface area contributed by atoms with Gasteiger partial charge in [0.2, 0.25) is 0 Å². The van der Waals surface area contributed by atoms with Crippen molar-refractivity contribution in [1.29, 1.82) is 0 Å². The van der Waals surface area contributed by atoms with Crippen LogP contribution in [0.4, 0.5) is 0 Å². The van der Waals surface area contributed by atoms with Crippen LogP contribution in [0.3, 0.4) is 0 Å². The molecule has 0 aromatic carbocycles. The van der Waals surface area contributed by atoms with E-state index in [1.165, 1.54) is 6.42 Å². The summed E-state index contributed by atoms with van der Waals surface area (Å²) in [6, 6.07) is 3.96. The van der Waals surface area contributed by atoms with E-state index in [1.807, 2.05) is 12.1 Å². The summed E-state index contributed by atoms with van der Waals surface area (Å²) in [7, 11) is 0. The van der Waals surface area contributed by atoms with E-state index in [0.29, 0.717) is 5.92 Å². The van der Waals surface area contributed by atoms with Gasteiger partial charge in [-0.15, -0.1) is 0 Å². The highest BCUT2D eigenvalue weighted by Crippen LogP contribution is 2.27. The molecule has 1 aliphatic rings. The van der Waals surface area contributed by atoms with Crippen molar-refractivity contribution < 1.29 is 0 Å². The first-order chi connectivity index (χ1) is 7.43. The molecule has 3 heteroatoms. The van der Waals surface area contributed by atoms with E-state index in [9.17, 15) is 0 Å². The Morgan fingerprint density at radius 1 is 1.33 bits per heavy atom. The molecule has 0 aliphatic heterocycles. The summed E-state index contributed by atoms with van der Waals surface area (Å²) in [6.45, 7) is 0. The maximum Gasteiger partial charge on any atom is 0.177 e. The molecule has 1 aliphatic carbocycles. The van der Waals surface area contributed by atoms with Crippen LogP contribution in [-0.4, -0.2) is 15.0 Å². The maximum absolute atomic E-state index is 4.54. The Morgan fingerprint density at radius 3 is 3.13 bits per heavy atom. The SMILES string of the molecule is C1=CCC(c2nc3ncccc3[nH]2)CC1. The molecule has 2 aromatic heterocycles. The number of imidazole rings is 1. The molecule has 0 saturated heterocycles. The minimum absolute atomic E-state index is 0.546. The number of nitrogens with one attached hydrogen (secondary N) is 1. The van der Waals surface area contributed by atoms with Crippen LogP contribution < -0.4 is 0 Å². The smallest absolute Gasteiger partial charge is 0.177 e. The van der Waals surface area contributed by atoms with Gasteiger partial charge >= 0.3 is 0 Å². The normalized spacial score (nSPS) is 20.9. The fraction of sp³-hybridized carbons (Fsp3) is 0.333. The van der Waals surface area contributed by atoms with Crippen molar-refractivity contribution >= 4 is 11.2 Å². The van der Waals surface area contributed by atoms with Crippen LogP contribution >= 0.6 is 0 Å². The molecule has 2 aromatic rings. The lowest BCUT2D eigenvalue weighted by Gasteiger charge is -2.14. The van der Waals surface area contributed by atoms with E-state index in [0.717, 1.165) is 29.8 Å². The van der Waals surface area contributed by atoms with E-state index in [1.54, 1.807) is 6.20 Å². The van der Waals surface area contributed by atoms with Gasteiger partial charge in [-0.05, 0) is 31.4 Å². The van der Waals surface area contributed by atoms with Gasteiger partial charge in [-0.25, -0.2) is 9.97 Å².